The molecule has 6 heteroatoms. The lowest BCUT2D eigenvalue weighted by Crippen LogP contribution is -1.98. The molecule has 2 aromatic rings. The van der Waals surface area contributed by atoms with Gasteiger partial charge in [-0.25, -0.2) is 14.4 Å². The van der Waals surface area contributed by atoms with Gasteiger partial charge in [0, 0.05) is 0 Å². The number of nitrogens with two attached hydrogens (primary N) is 1. The maximum atomic E-state index is 13.4. The van der Waals surface area contributed by atoms with Crippen LogP contribution in [0.25, 0.3) is 0 Å². The van der Waals surface area contributed by atoms with Gasteiger partial charge >= 0.3 is 0 Å². The molecule has 1 aromatic carbocycles. The third-order valence-corrected chi connectivity index (χ3v) is 3.04. The average molecular weight is 251 g/mol. The summed E-state index contributed by atoms with van der Waals surface area (Å²) in [5, 5.41) is 0.182. The molecule has 1 aromatic heterocycles. The first-order valence-corrected chi connectivity index (χ1v) is 5.61. The first-order chi connectivity index (χ1) is 8.20. The standard InChI is InChI=1S/C11H10FN3OS/c1-16-8-4-2-3-5-9(8)17-10-7(12)6-14-11(13)15-10/h2-6H,1H3,(H2,13,14,15). The summed E-state index contributed by atoms with van der Waals surface area (Å²) in [6.07, 6.45) is 1.06. The van der Waals surface area contributed by atoms with Gasteiger partial charge in [-0.2, -0.15) is 0 Å². The number of hydrogen-bond donors (Lipinski definition) is 1. The summed E-state index contributed by atoms with van der Waals surface area (Å²) >= 11 is 1.15. The van der Waals surface area contributed by atoms with E-state index in [9.17, 15) is 4.39 Å². The molecule has 4 nitrogen and oxygen atoms in total. The predicted octanol–water partition coefficient (Wildman–Crippen LogP) is 2.36. The van der Waals surface area contributed by atoms with Crippen molar-refractivity contribution < 1.29 is 9.13 Å². The number of anilines is 1. The van der Waals surface area contributed by atoms with E-state index in [-0.39, 0.29) is 11.0 Å². The van der Waals surface area contributed by atoms with Gasteiger partial charge in [-0.3, -0.25) is 0 Å². The van der Waals surface area contributed by atoms with Crippen molar-refractivity contribution in [2.45, 2.75) is 9.92 Å². The van der Waals surface area contributed by atoms with E-state index >= 15 is 0 Å². The summed E-state index contributed by atoms with van der Waals surface area (Å²) in [5.41, 5.74) is 5.42. The zero-order chi connectivity index (χ0) is 12.3. The Labute approximate surface area is 102 Å². The first kappa shape index (κ1) is 11.7. The second kappa shape index (κ2) is 5.01. The highest BCUT2D eigenvalue weighted by atomic mass is 32.2. The van der Waals surface area contributed by atoms with Gasteiger partial charge in [0.25, 0.3) is 0 Å². The Kier molecular flexibility index (Phi) is 3.43. The summed E-state index contributed by atoms with van der Waals surface area (Å²) in [6, 6.07) is 7.30. The van der Waals surface area contributed by atoms with E-state index in [4.69, 9.17) is 10.5 Å². The molecule has 1 heterocycles. The van der Waals surface area contributed by atoms with E-state index in [0.29, 0.717) is 5.75 Å². The molecule has 0 fully saturated rings. The molecular formula is C11H10FN3OS. The molecule has 0 amide bonds. The lowest BCUT2D eigenvalue weighted by molar-refractivity contribution is 0.405. The summed E-state index contributed by atoms with van der Waals surface area (Å²) < 4.78 is 18.6. The molecule has 0 aliphatic heterocycles. The fourth-order valence-corrected chi connectivity index (χ4v) is 2.14. The molecule has 0 atom stereocenters. The number of ether oxygens (including phenoxy) is 1. The van der Waals surface area contributed by atoms with Crippen molar-refractivity contribution in [3.63, 3.8) is 0 Å². The third-order valence-electron chi connectivity index (χ3n) is 2.01. The fourth-order valence-electron chi connectivity index (χ4n) is 1.24. The van der Waals surface area contributed by atoms with Crippen LogP contribution in [-0.2, 0) is 0 Å². The largest absolute Gasteiger partial charge is 0.496 e. The molecule has 2 N–H and O–H groups in total. The van der Waals surface area contributed by atoms with Gasteiger partial charge < -0.3 is 10.5 Å². The van der Waals surface area contributed by atoms with Gasteiger partial charge in [0.2, 0.25) is 5.95 Å². The van der Waals surface area contributed by atoms with Crippen LogP contribution < -0.4 is 10.5 Å². The maximum Gasteiger partial charge on any atom is 0.221 e. The molecule has 0 unspecified atom stereocenters. The minimum Gasteiger partial charge on any atom is -0.496 e. The minimum absolute atomic E-state index is 0.0452. The second-order valence-electron chi connectivity index (χ2n) is 3.13. The lowest BCUT2D eigenvalue weighted by atomic mass is 10.3. The van der Waals surface area contributed by atoms with Gasteiger partial charge in [-0.15, -0.1) is 0 Å². The van der Waals surface area contributed by atoms with Gasteiger partial charge in [0.1, 0.15) is 10.8 Å². The monoisotopic (exact) mass is 251 g/mol. The van der Waals surface area contributed by atoms with Crippen molar-refractivity contribution in [1.29, 1.82) is 0 Å². The molecule has 0 bridgehead atoms. The van der Waals surface area contributed by atoms with E-state index in [1.165, 1.54) is 0 Å². The normalized spacial score (nSPS) is 10.2. The SMILES string of the molecule is COc1ccccc1Sc1nc(N)ncc1F. The zero-order valence-electron chi connectivity index (χ0n) is 9.05. The second-order valence-corrected chi connectivity index (χ2v) is 4.16. The van der Waals surface area contributed by atoms with E-state index in [1.807, 2.05) is 18.2 Å². The summed E-state index contributed by atoms with van der Waals surface area (Å²) in [7, 11) is 1.56. The highest BCUT2D eigenvalue weighted by molar-refractivity contribution is 7.99. The number of benzene rings is 1. The molecule has 0 saturated carbocycles. The van der Waals surface area contributed by atoms with Crippen LogP contribution in [0.5, 0.6) is 5.75 Å². The van der Waals surface area contributed by atoms with Gasteiger partial charge in [0.05, 0.1) is 18.2 Å². The molecule has 0 radical (unpaired) electrons. The van der Waals surface area contributed by atoms with Gasteiger partial charge in [-0.1, -0.05) is 23.9 Å². The number of para-hydroxylation sites is 1. The molecule has 2 rings (SSSR count). The fraction of sp³-hybridized carbons (Fsp3) is 0.0909. The van der Waals surface area contributed by atoms with Crippen LogP contribution in [0.2, 0.25) is 0 Å². The van der Waals surface area contributed by atoms with E-state index in [2.05, 4.69) is 9.97 Å². The van der Waals surface area contributed by atoms with Crippen LogP contribution in [0.3, 0.4) is 0 Å². The lowest BCUT2D eigenvalue weighted by Gasteiger charge is -2.07. The average Bonchev–Trinajstić information content (AvgIpc) is 2.34. The summed E-state index contributed by atoms with van der Waals surface area (Å²) in [5.74, 6) is 0.202. The Morgan fingerprint density at radius 3 is 2.88 bits per heavy atom. The molecule has 0 spiro atoms. The van der Waals surface area contributed by atoms with Crippen LogP contribution in [-0.4, -0.2) is 17.1 Å². The summed E-state index contributed by atoms with van der Waals surface area (Å²) in [4.78, 5) is 8.18. The Morgan fingerprint density at radius 1 is 1.35 bits per heavy atom. The van der Waals surface area contributed by atoms with Crippen LogP contribution >= 0.6 is 11.8 Å². The van der Waals surface area contributed by atoms with Crippen molar-refractivity contribution in [3.8, 4) is 5.75 Å². The number of rotatable bonds is 3. The minimum atomic E-state index is -0.505. The Bertz CT molecular complexity index is 536. The molecule has 0 saturated heterocycles. The Balaban J connectivity index is 2.34. The van der Waals surface area contributed by atoms with Crippen molar-refractivity contribution in [2.24, 2.45) is 0 Å². The topological polar surface area (TPSA) is 61.0 Å². The zero-order valence-corrected chi connectivity index (χ0v) is 9.87. The molecule has 0 aliphatic carbocycles. The number of methoxy groups -OCH3 is 1. The number of hydrogen-bond acceptors (Lipinski definition) is 5. The van der Waals surface area contributed by atoms with Gasteiger partial charge in [0.15, 0.2) is 5.82 Å². The quantitative estimate of drug-likeness (QED) is 0.848. The predicted molar refractivity (Wildman–Crippen MR) is 63.5 cm³/mol. The van der Waals surface area contributed by atoms with Gasteiger partial charge in [-0.05, 0) is 12.1 Å². The number of halogens is 1. The number of nitrogens with zero attached hydrogens (tertiary/aromatic N) is 2. The van der Waals surface area contributed by atoms with Crippen molar-refractivity contribution in [3.05, 3.63) is 36.3 Å². The van der Waals surface area contributed by atoms with E-state index < -0.39 is 5.82 Å². The highest BCUT2D eigenvalue weighted by Crippen LogP contribution is 2.34. The molecule has 88 valence electrons. The van der Waals surface area contributed by atoms with Crippen LogP contribution in [0.1, 0.15) is 0 Å². The summed E-state index contributed by atoms with van der Waals surface area (Å²) in [6.45, 7) is 0. The molecule has 0 aliphatic rings. The number of aromatic nitrogens is 2. The third kappa shape index (κ3) is 2.65. The van der Waals surface area contributed by atoms with Crippen LogP contribution in [0.15, 0.2) is 40.4 Å². The Hall–Kier alpha value is -1.82. The molecule has 17 heavy (non-hydrogen) atoms. The Morgan fingerprint density at radius 2 is 2.12 bits per heavy atom. The number of nitrogen functional groups attached to an aromatic ring is 1. The molecular weight excluding hydrogens is 241 g/mol. The van der Waals surface area contributed by atoms with E-state index in [1.54, 1.807) is 13.2 Å². The van der Waals surface area contributed by atoms with Crippen molar-refractivity contribution >= 4 is 17.7 Å². The smallest absolute Gasteiger partial charge is 0.221 e. The first-order valence-electron chi connectivity index (χ1n) is 4.79. The highest BCUT2D eigenvalue weighted by Gasteiger charge is 2.10. The van der Waals surface area contributed by atoms with Crippen LogP contribution in [0, 0.1) is 5.82 Å². The van der Waals surface area contributed by atoms with Crippen LogP contribution in [0.4, 0.5) is 10.3 Å². The maximum absolute atomic E-state index is 13.4. The van der Waals surface area contributed by atoms with E-state index in [0.717, 1.165) is 22.9 Å². The van der Waals surface area contributed by atoms with Crippen molar-refractivity contribution in [2.75, 3.05) is 12.8 Å². The van der Waals surface area contributed by atoms with Crippen molar-refractivity contribution in [1.82, 2.24) is 9.97 Å².